The van der Waals surface area contributed by atoms with Crippen molar-refractivity contribution >= 4 is 29.3 Å². The fourth-order valence-electron chi connectivity index (χ4n) is 3.93. The van der Waals surface area contributed by atoms with Gasteiger partial charge in [-0.2, -0.15) is 0 Å². The van der Waals surface area contributed by atoms with Crippen LogP contribution in [0.2, 0.25) is 0 Å². The van der Waals surface area contributed by atoms with Gasteiger partial charge in [-0.15, -0.1) is 0 Å². The minimum atomic E-state index is -0.272. The number of amides is 2. The zero-order valence-corrected chi connectivity index (χ0v) is 20.2. The van der Waals surface area contributed by atoms with Crippen LogP contribution in [0.5, 0.6) is 0 Å². The molecule has 2 amide bonds. The topological polar surface area (TPSA) is 77.6 Å². The van der Waals surface area contributed by atoms with E-state index in [-0.39, 0.29) is 11.8 Å². The van der Waals surface area contributed by atoms with Gasteiger partial charge in [-0.05, 0) is 67.1 Å². The van der Waals surface area contributed by atoms with Gasteiger partial charge in [0, 0.05) is 68.1 Å². The molecule has 0 unspecified atom stereocenters. The molecular weight excluding hydrogens is 438 g/mol. The Hall–Kier alpha value is -3.81. The first-order chi connectivity index (χ1) is 17.0. The van der Waals surface area contributed by atoms with Crippen molar-refractivity contribution < 1.29 is 9.59 Å². The van der Waals surface area contributed by atoms with Gasteiger partial charge < -0.3 is 15.5 Å². The van der Waals surface area contributed by atoms with Crippen molar-refractivity contribution in [2.24, 2.45) is 0 Å². The van der Waals surface area contributed by atoms with E-state index in [0.717, 1.165) is 49.5 Å². The first-order valence-corrected chi connectivity index (χ1v) is 11.8. The van der Waals surface area contributed by atoms with E-state index < -0.39 is 0 Å². The van der Waals surface area contributed by atoms with Crippen molar-refractivity contribution in [2.45, 2.75) is 13.5 Å². The Bertz CT molecular complexity index is 1200. The number of pyridine rings is 1. The molecule has 2 N–H and O–H groups in total. The Balaban J connectivity index is 1.38. The Morgan fingerprint density at radius 2 is 1.83 bits per heavy atom. The van der Waals surface area contributed by atoms with Gasteiger partial charge in [0.05, 0.1) is 0 Å². The van der Waals surface area contributed by atoms with Crippen LogP contribution in [0, 0.1) is 6.92 Å². The van der Waals surface area contributed by atoms with Gasteiger partial charge in [-0.3, -0.25) is 19.5 Å². The summed E-state index contributed by atoms with van der Waals surface area (Å²) in [6.45, 7) is 6.99. The number of anilines is 2. The first-order valence-electron chi connectivity index (χ1n) is 11.8. The quantitative estimate of drug-likeness (QED) is 0.511. The fourth-order valence-corrected chi connectivity index (χ4v) is 3.93. The Morgan fingerprint density at radius 1 is 1.00 bits per heavy atom. The van der Waals surface area contributed by atoms with Gasteiger partial charge in [0.2, 0.25) is 5.91 Å². The number of rotatable bonds is 7. The van der Waals surface area contributed by atoms with Crippen molar-refractivity contribution in [3.05, 3.63) is 95.3 Å². The molecule has 1 saturated heterocycles. The minimum Gasteiger partial charge on any atom is -0.322 e. The second-order valence-electron chi connectivity index (χ2n) is 8.87. The maximum absolute atomic E-state index is 13.0. The van der Waals surface area contributed by atoms with Crippen LogP contribution < -0.4 is 10.6 Å². The van der Waals surface area contributed by atoms with E-state index in [4.69, 9.17) is 0 Å². The smallest absolute Gasteiger partial charge is 0.255 e. The zero-order chi connectivity index (χ0) is 24.6. The Labute approximate surface area is 206 Å². The lowest BCUT2D eigenvalue weighted by Gasteiger charge is -2.32. The molecule has 7 heteroatoms. The van der Waals surface area contributed by atoms with E-state index in [9.17, 15) is 9.59 Å². The van der Waals surface area contributed by atoms with Crippen molar-refractivity contribution in [3.63, 3.8) is 0 Å². The maximum Gasteiger partial charge on any atom is 0.255 e. The SMILES string of the molecule is Cc1ccc(C(=O)Nc2cccc(CN3CCN(C)CC3)c2)cc1NC(=O)/C=C/c1cccnc1. The molecule has 0 saturated carbocycles. The monoisotopic (exact) mass is 469 g/mol. The number of hydrogen-bond donors (Lipinski definition) is 2. The number of nitrogens with zero attached hydrogens (tertiary/aromatic N) is 3. The van der Waals surface area contributed by atoms with E-state index >= 15 is 0 Å². The lowest BCUT2D eigenvalue weighted by molar-refractivity contribution is -0.111. The second-order valence-corrected chi connectivity index (χ2v) is 8.87. The number of piperazine rings is 1. The number of carbonyl (C=O) groups excluding carboxylic acids is 2. The summed E-state index contributed by atoms with van der Waals surface area (Å²) >= 11 is 0. The standard InChI is InChI=1S/C28H31N5O2/c1-21-8-10-24(18-26(21)31-27(34)11-9-22-6-4-12-29-19-22)28(35)30-25-7-3-5-23(17-25)20-33-15-13-32(2)14-16-33/h3-12,17-19H,13-16,20H2,1-2H3,(H,30,35)(H,31,34)/b11-9+. The third kappa shape index (κ3) is 7.09. The fraction of sp³-hybridized carbons (Fsp3) is 0.250. The number of likely N-dealkylation sites (N-methyl/N-ethyl adjacent to an activating group) is 1. The molecule has 0 aliphatic carbocycles. The molecule has 2 aromatic carbocycles. The van der Waals surface area contributed by atoms with E-state index in [0.29, 0.717) is 11.3 Å². The number of carbonyl (C=O) groups is 2. The molecule has 1 aromatic heterocycles. The highest BCUT2D eigenvalue weighted by atomic mass is 16.2. The van der Waals surface area contributed by atoms with Gasteiger partial charge in [0.1, 0.15) is 0 Å². The van der Waals surface area contributed by atoms with E-state index in [2.05, 4.69) is 38.5 Å². The molecule has 0 spiro atoms. The molecule has 1 aliphatic rings. The molecule has 7 nitrogen and oxygen atoms in total. The van der Waals surface area contributed by atoms with Crippen LogP contribution >= 0.6 is 0 Å². The van der Waals surface area contributed by atoms with Crippen molar-refractivity contribution in [1.82, 2.24) is 14.8 Å². The Morgan fingerprint density at radius 3 is 2.60 bits per heavy atom. The van der Waals surface area contributed by atoms with Crippen LogP contribution in [-0.4, -0.2) is 59.8 Å². The van der Waals surface area contributed by atoms with Crippen LogP contribution in [0.15, 0.2) is 73.1 Å². The van der Waals surface area contributed by atoms with Crippen LogP contribution in [-0.2, 0) is 11.3 Å². The summed E-state index contributed by atoms with van der Waals surface area (Å²) in [4.78, 5) is 34.2. The number of nitrogens with one attached hydrogen (secondary N) is 2. The predicted molar refractivity (Wildman–Crippen MR) is 140 cm³/mol. The van der Waals surface area contributed by atoms with Gasteiger partial charge in [-0.1, -0.05) is 24.3 Å². The molecule has 1 aliphatic heterocycles. The second kappa shape index (κ2) is 11.6. The van der Waals surface area contributed by atoms with Crippen molar-refractivity contribution in [3.8, 4) is 0 Å². The lowest BCUT2D eigenvalue weighted by atomic mass is 10.1. The summed E-state index contributed by atoms with van der Waals surface area (Å²) in [6, 6.07) is 17.0. The van der Waals surface area contributed by atoms with Gasteiger partial charge in [-0.25, -0.2) is 0 Å². The highest BCUT2D eigenvalue weighted by Gasteiger charge is 2.15. The summed E-state index contributed by atoms with van der Waals surface area (Å²) in [5, 5.41) is 5.85. The van der Waals surface area contributed by atoms with Gasteiger partial charge >= 0.3 is 0 Å². The predicted octanol–water partition coefficient (Wildman–Crippen LogP) is 4.04. The first kappa shape index (κ1) is 24.3. The summed E-state index contributed by atoms with van der Waals surface area (Å²) in [5.41, 5.74) is 4.71. The summed E-state index contributed by atoms with van der Waals surface area (Å²) < 4.78 is 0. The van der Waals surface area contributed by atoms with Crippen molar-refractivity contribution in [2.75, 3.05) is 43.9 Å². The molecule has 1 fully saturated rings. The van der Waals surface area contributed by atoms with E-state index in [1.54, 1.807) is 30.6 Å². The summed E-state index contributed by atoms with van der Waals surface area (Å²) in [7, 11) is 2.15. The van der Waals surface area contributed by atoms with Crippen LogP contribution in [0.4, 0.5) is 11.4 Å². The molecule has 3 aromatic rings. The van der Waals surface area contributed by atoms with Crippen molar-refractivity contribution in [1.29, 1.82) is 0 Å². The Kier molecular flexibility index (Phi) is 8.03. The maximum atomic E-state index is 13.0. The molecule has 180 valence electrons. The van der Waals surface area contributed by atoms with E-state index in [1.165, 1.54) is 11.6 Å². The molecular formula is C28H31N5O2. The number of benzene rings is 2. The van der Waals surface area contributed by atoms with Crippen LogP contribution in [0.25, 0.3) is 6.08 Å². The summed E-state index contributed by atoms with van der Waals surface area (Å²) in [6.07, 6.45) is 6.51. The minimum absolute atomic E-state index is 0.219. The average Bonchev–Trinajstić information content (AvgIpc) is 2.86. The third-order valence-corrected chi connectivity index (χ3v) is 6.06. The number of hydrogen-bond acceptors (Lipinski definition) is 5. The summed E-state index contributed by atoms with van der Waals surface area (Å²) in [5.74, 6) is -0.491. The van der Waals surface area contributed by atoms with Crippen LogP contribution in [0.1, 0.15) is 27.0 Å². The molecule has 0 atom stereocenters. The molecule has 0 radical (unpaired) electrons. The molecule has 35 heavy (non-hydrogen) atoms. The van der Waals surface area contributed by atoms with E-state index in [1.807, 2.05) is 43.3 Å². The molecule has 0 bridgehead atoms. The number of aryl methyl sites for hydroxylation is 1. The molecule has 4 rings (SSSR count). The normalized spacial score (nSPS) is 14.7. The van der Waals surface area contributed by atoms with Crippen LogP contribution in [0.3, 0.4) is 0 Å². The largest absolute Gasteiger partial charge is 0.322 e. The van der Waals surface area contributed by atoms with Gasteiger partial charge in [0.15, 0.2) is 0 Å². The number of aromatic nitrogens is 1. The molecule has 2 heterocycles. The average molecular weight is 470 g/mol. The zero-order valence-electron chi connectivity index (χ0n) is 20.2. The van der Waals surface area contributed by atoms with Gasteiger partial charge in [0.25, 0.3) is 5.91 Å². The lowest BCUT2D eigenvalue weighted by Crippen LogP contribution is -2.43. The third-order valence-electron chi connectivity index (χ3n) is 6.06. The highest BCUT2D eigenvalue weighted by molar-refractivity contribution is 6.07. The highest BCUT2D eigenvalue weighted by Crippen LogP contribution is 2.20.